The average molecular weight is 186 g/mol. The molecule has 0 aromatic carbocycles. The van der Waals surface area contributed by atoms with Crippen LogP contribution in [0.15, 0.2) is 16.4 Å². The lowest BCUT2D eigenvalue weighted by Gasteiger charge is -2.16. The van der Waals surface area contributed by atoms with Gasteiger partial charge in [-0.2, -0.15) is 0 Å². The van der Waals surface area contributed by atoms with Crippen molar-refractivity contribution < 1.29 is 5.11 Å². The predicted octanol–water partition coefficient (Wildman–Crippen LogP) is 1.88. The van der Waals surface area contributed by atoms with E-state index in [4.69, 9.17) is 0 Å². The lowest BCUT2D eigenvalue weighted by Crippen LogP contribution is -2.26. The van der Waals surface area contributed by atoms with Crippen LogP contribution in [0.1, 0.15) is 20.3 Å². The van der Waals surface area contributed by atoms with Crippen LogP contribution in [0.5, 0.6) is 0 Å². The number of aliphatic hydroxyl groups excluding tert-OH is 1. The van der Waals surface area contributed by atoms with Crippen molar-refractivity contribution in [2.24, 2.45) is 4.99 Å². The maximum absolute atomic E-state index is 9.44. The second-order valence-electron chi connectivity index (χ2n) is 2.49. The molecule has 0 atom stereocenters. The van der Waals surface area contributed by atoms with E-state index in [1.807, 2.05) is 6.92 Å². The quantitative estimate of drug-likeness (QED) is 0.692. The van der Waals surface area contributed by atoms with Crippen LogP contribution in [-0.4, -0.2) is 22.6 Å². The summed E-state index contributed by atoms with van der Waals surface area (Å²) >= 11 is 1.61. The molecule has 0 saturated carbocycles. The lowest BCUT2D eigenvalue weighted by molar-refractivity contribution is 0.375. The van der Waals surface area contributed by atoms with Crippen molar-refractivity contribution in [1.29, 1.82) is 0 Å². The standard InChI is InChI=1S/C8H14N2OS/c1-3-6-5-9-8(12-4-2)10-7(6)11/h11H,3-5H2,1-2H3,(H,9,10). The Balaban J connectivity index is 2.54. The highest BCUT2D eigenvalue weighted by molar-refractivity contribution is 8.13. The minimum absolute atomic E-state index is 0.295. The Hall–Kier alpha value is -0.640. The van der Waals surface area contributed by atoms with Crippen LogP contribution in [0.25, 0.3) is 0 Å². The first kappa shape index (κ1) is 9.45. The second kappa shape index (κ2) is 4.40. The second-order valence-corrected chi connectivity index (χ2v) is 3.74. The number of nitrogens with zero attached hydrogens (tertiary/aromatic N) is 1. The molecule has 1 aliphatic heterocycles. The van der Waals surface area contributed by atoms with Crippen LogP contribution in [0.2, 0.25) is 0 Å². The molecule has 0 bridgehead atoms. The van der Waals surface area contributed by atoms with Gasteiger partial charge in [0.15, 0.2) is 11.1 Å². The van der Waals surface area contributed by atoms with Crippen LogP contribution in [0, 0.1) is 0 Å². The first-order chi connectivity index (χ1) is 5.77. The first-order valence-corrected chi connectivity index (χ1v) is 5.11. The van der Waals surface area contributed by atoms with E-state index in [0.717, 1.165) is 22.9 Å². The Morgan fingerprint density at radius 3 is 2.83 bits per heavy atom. The molecule has 0 aromatic heterocycles. The molecular formula is C8H14N2OS. The van der Waals surface area contributed by atoms with Gasteiger partial charge in [0.1, 0.15) is 0 Å². The number of rotatable bonds is 2. The molecule has 0 radical (unpaired) electrons. The van der Waals surface area contributed by atoms with Crippen LogP contribution >= 0.6 is 11.8 Å². The van der Waals surface area contributed by atoms with E-state index in [1.165, 1.54) is 0 Å². The lowest BCUT2D eigenvalue weighted by atomic mass is 10.2. The van der Waals surface area contributed by atoms with Gasteiger partial charge in [0.2, 0.25) is 0 Å². The molecule has 12 heavy (non-hydrogen) atoms. The first-order valence-electron chi connectivity index (χ1n) is 4.13. The van der Waals surface area contributed by atoms with E-state index >= 15 is 0 Å². The van der Waals surface area contributed by atoms with E-state index in [-0.39, 0.29) is 0 Å². The molecule has 0 aromatic rings. The van der Waals surface area contributed by atoms with Crippen molar-refractivity contribution >= 4 is 16.9 Å². The summed E-state index contributed by atoms with van der Waals surface area (Å²) in [4.78, 5) is 4.27. The van der Waals surface area contributed by atoms with Crippen molar-refractivity contribution in [3.63, 3.8) is 0 Å². The van der Waals surface area contributed by atoms with Crippen molar-refractivity contribution in [3.05, 3.63) is 11.5 Å². The zero-order valence-corrected chi connectivity index (χ0v) is 8.24. The summed E-state index contributed by atoms with van der Waals surface area (Å²) in [5.41, 5.74) is 0.982. The molecule has 2 N–H and O–H groups in total. The highest BCUT2D eigenvalue weighted by atomic mass is 32.2. The summed E-state index contributed by atoms with van der Waals surface area (Å²) in [6.45, 7) is 4.71. The van der Waals surface area contributed by atoms with Gasteiger partial charge in [-0.3, -0.25) is 4.99 Å². The maximum atomic E-state index is 9.44. The fraction of sp³-hybridized carbons (Fsp3) is 0.625. The van der Waals surface area contributed by atoms with Gasteiger partial charge in [-0.1, -0.05) is 25.6 Å². The summed E-state index contributed by atoms with van der Waals surface area (Å²) < 4.78 is 0. The highest BCUT2D eigenvalue weighted by Gasteiger charge is 2.11. The van der Waals surface area contributed by atoms with Gasteiger partial charge >= 0.3 is 0 Å². The Labute approximate surface area is 77.0 Å². The number of aliphatic imine (C=N–C) groups is 1. The molecule has 0 spiro atoms. The third-order valence-corrected chi connectivity index (χ3v) is 2.47. The van der Waals surface area contributed by atoms with Crippen LogP contribution in [-0.2, 0) is 0 Å². The van der Waals surface area contributed by atoms with E-state index in [0.29, 0.717) is 12.4 Å². The molecule has 1 aliphatic rings. The highest BCUT2D eigenvalue weighted by Crippen LogP contribution is 2.13. The topological polar surface area (TPSA) is 44.6 Å². The largest absolute Gasteiger partial charge is 0.495 e. The van der Waals surface area contributed by atoms with Crippen molar-refractivity contribution in [2.75, 3.05) is 12.3 Å². The van der Waals surface area contributed by atoms with Gasteiger partial charge in [-0.05, 0) is 12.2 Å². The monoisotopic (exact) mass is 186 g/mol. The number of amidine groups is 1. The molecule has 4 heteroatoms. The Kier molecular flexibility index (Phi) is 3.47. The number of hydrogen-bond donors (Lipinski definition) is 2. The zero-order valence-electron chi connectivity index (χ0n) is 7.42. The maximum Gasteiger partial charge on any atom is 0.191 e. The molecule has 68 valence electrons. The summed E-state index contributed by atoms with van der Waals surface area (Å²) in [7, 11) is 0. The summed E-state index contributed by atoms with van der Waals surface area (Å²) in [6.07, 6.45) is 0.854. The summed E-state index contributed by atoms with van der Waals surface area (Å²) in [6, 6.07) is 0. The molecule has 0 aliphatic carbocycles. The number of nitrogens with one attached hydrogen (secondary N) is 1. The van der Waals surface area contributed by atoms with Crippen LogP contribution in [0.3, 0.4) is 0 Å². The van der Waals surface area contributed by atoms with Crippen molar-refractivity contribution in [2.45, 2.75) is 20.3 Å². The number of hydrogen-bond acceptors (Lipinski definition) is 4. The van der Waals surface area contributed by atoms with Crippen molar-refractivity contribution in [1.82, 2.24) is 5.32 Å². The fourth-order valence-corrected chi connectivity index (χ4v) is 1.57. The third-order valence-electron chi connectivity index (χ3n) is 1.68. The molecule has 3 nitrogen and oxygen atoms in total. The van der Waals surface area contributed by atoms with E-state index in [2.05, 4.69) is 17.2 Å². The average Bonchev–Trinajstić information content (AvgIpc) is 2.05. The predicted molar refractivity (Wildman–Crippen MR) is 53.5 cm³/mol. The molecule has 0 unspecified atom stereocenters. The van der Waals surface area contributed by atoms with Crippen LogP contribution in [0.4, 0.5) is 0 Å². The molecule has 0 fully saturated rings. The SMILES string of the molecule is CCSC1=NCC(CC)=C(O)N1. The van der Waals surface area contributed by atoms with Crippen LogP contribution < -0.4 is 5.32 Å². The minimum atomic E-state index is 0.295. The van der Waals surface area contributed by atoms with Gasteiger partial charge < -0.3 is 10.4 Å². The Morgan fingerprint density at radius 1 is 1.58 bits per heavy atom. The summed E-state index contributed by atoms with van der Waals surface area (Å²) in [5, 5.41) is 13.1. The van der Waals surface area contributed by atoms with E-state index in [1.54, 1.807) is 11.8 Å². The molecule has 1 rings (SSSR count). The molecule has 0 saturated heterocycles. The number of aliphatic hydroxyl groups is 1. The normalized spacial score (nSPS) is 17.3. The minimum Gasteiger partial charge on any atom is -0.495 e. The fourth-order valence-electron chi connectivity index (χ4n) is 0.969. The van der Waals surface area contributed by atoms with Gasteiger partial charge in [0.05, 0.1) is 6.54 Å². The molecule has 1 heterocycles. The Bertz CT molecular complexity index is 223. The van der Waals surface area contributed by atoms with Gasteiger partial charge in [0.25, 0.3) is 0 Å². The van der Waals surface area contributed by atoms with E-state index < -0.39 is 0 Å². The van der Waals surface area contributed by atoms with Gasteiger partial charge in [-0.25, -0.2) is 0 Å². The van der Waals surface area contributed by atoms with Crippen molar-refractivity contribution in [3.8, 4) is 0 Å². The smallest absolute Gasteiger partial charge is 0.191 e. The Morgan fingerprint density at radius 2 is 2.33 bits per heavy atom. The third kappa shape index (κ3) is 2.17. The van der Waals surface area contributed by atoms with Gasteiger partial charge in [-0.15, -0.1) is 0 Å². The molecular weight excluding hydrogens is 172 g/mol. The van der Waals surface area contributed by atoms with Gasteiger partial charge in [0, 0.05) is 5.57 Å². The zero-order chi connectivity index (χ0) is 8.97. The van der Waals surface area contributed by atoms with E-state index in [9.17, 15) is 5.11 Å². The molecule has 0 amide bonds. The number of thioether (sulfide) groups is 1. The summed E-state index contributed by atoms with van der Waals surface area (Å²) in [5.74, 6) is 1.27.